The molecule has 0 radical (unpaired) electrons. The van der Waals surface area contributed by atoms with Crippen LogP contribution in [0.3, 0.4) is 0 Å². The normalized spacial score (nSPS) is 11.8. The van der Waals surface area contributed by atoms with Gasteiger partial charge >= 0.3 is 0 Å². The molecule has 0 amide bonds. The van der Waals surface area contributed by atoms with E-state index in [1.54, 1.807) is 6.92 Å². The van der Waals surface area contributed by atoms with E-state index in [4.69, 9.17) is 5.11 Å². The lowest BCUT2D eigenvalue weighted by atomic mass is 10.2. The van der Waals surface area contributed by atoms with E-state index in [0.29, 0.717) is 5.75 Å². The predicted octanol–water partition coefficient (Wildman–Crippen LogP) is 0.974. The molecule has 0 unspecified atom stereocenters. The van der Waals surface area contributed by atoms with E-state index in [-0.39, 0.29) is 12.4 Å². The van der Waals surface area contributed by atoms with Crippen molar-refractivity contribution in [2.24, 2.45) is 0 Å². The molecule has 12 heavy (non-hydrogen) atoms. The van der Waals surface area contributed by atoms with Crippen molar-refractivity contribution < 1.29 is 13.5 Å². The lowest BCUT2D eigenvalue weighted by Gasteiger charge is -2.00. The molecule has 3 nitrogen and oxygen atoms in total. The van der Waals surface area contributed by atoms with Crippen molar-refractivity contribution in [1.29, 1.82) is 0 Å². The molecule has 0 saturated carbocycles. The molecule has 0 fully saturated rings. The summed E-state index contributed by atoms with van der Waals surface area (Å²) in [6, 6.07) is 0. The second-order valence-corrected chi connectivity index (χ2v) is 5.35. The van der Waals surface area contributed by atoms with E-state index in [0.717, 1.165) is 25.7 Å². The highest BCUT2D eigenvalue weighted by atomic mass is 32.2. The van der Waals surface area contributed by atoms with Gasteiger partial charge in [-0.25, -0.2) is 8.42 Å². The smallest absolute Gasteiger partial charge is 0.150 e. The van der Waals surface area contributed by atoms with Crippen LogP contribution in [0.1, 0.15) is 32.6 Å². The largest absolute Gasteiger partial charge is 0.396 e. The predicted molar refractivity (Wildman–Crippen MR) is 49.9 cm³/mol. The third-order valence-electron chi connectivity index (χ3n) is 1.80. The van der Waals surface area contributed by atoms with Crippen LogP contribution in [0.5, 0.6) is 0 Å². The van der Waals surface area contributed by atoms with Gasteiger partial charge in [0.1, 0.15) is 9.84 Å². The van der Waals surface area contributed by atoms with Crippen molar-refractivity contribution in [3.8, 4) is 0 Å². The summed E-state index contributed by atoms with van der Waals surface area (Å²) in [7, 11) is -2.77. The molecular formula is C8H18O3S. The fourth-order valence-corrected chi connectivity index (χ4v) is 1.86. The van der Waals surface area contributed by atoms with Crippen molar-refractivity contribution in [2.45, 2.75) is 32.6 Å². The summed E-state index contributed by atoms with van der Waals surface area (Å²) in [4.78, 5) is 0. The molecule has 0 aromatic rings. The summed E-state index contributed by atoms with van der Waals surface area (Å²) in [6.45, 7) is 1.88. The van der Waals surface area contributed by atoms with Crippen molar-refractivity contribution >= 4 is 9.84 Å². The Kier molecular flexibility index (Phi) is 6.38. The summed E-state index contributed by atoms with van der Waals surface area (Å²) < 4.78 is 22.0. The Morgan fingerprint density at radius 3 is 2.17 bits per heavy atom. The Morgan fingerprint density at radius 2 is 1.67 bits per heavy atom. The van der Waals surface area contributed by atoms with Gasteiger partial charge in [-0.2, -0.15) is 0 Å². The molecule has 0 aliphatic heterocycles. The first kappa shape index (κ1) is 11.9. The number of hydrogen-bond donors (Lipinski definition) is 1. The van der Waals surface area contributed by atoms with Crippen LogP contribution in [0.15, 0.2) is 0 Å². The SMILES string of the molecule is CCS(=O)(=O)CCCCCCO. The summed E-state index contributed by atoms with van der Waals surface area (Å²) in [5.41, 5.74) is 0. The Bertz CT molecular complexity index is 184. The molecular weight excluding hydrogens is 176 g/mol. The molecule has 0 bridgehead atoms. The van der Waals surface area contributed by atoms with E-state index < -0.39 is 9.84 Å². The second-order valence-electron chi connectivity index (χ2n) is 2.87. The summed E-state index contributed by atoms with van der Waals surface area (Å²) in [6.07, 6.45) is 3.35. The molecule has 0 atom stereocenters. The fraction of sp³-hybridized carbons (Fsp3) is 1.00. The molecule has 1 N–H and O–H groups in total. The molecule has 0 aromatic carbocycles. The highest BCUT2D eigenvalue weighted by Gasteiger charge is 2.05. The highest BCUT2D eigenvalue weighted by molar-refractivity contribution is 7.91. The van der Waals surface area contributed by atoms with Gasteiger partial charge in [-0.1, -0.05) is 19.8 Å². The van der Waals surface area contributed by atoms with Gasteiger partial charge in [0.2, 0.25) is 0 Å². The monoisotopic (exact) mass is 194 g/mol. The van der Waals surface area contributed by atoms with E-state index in [1.165, 1.54) is 0 Å². The van der Waals surface area contributed by atoms with Crippen molar-refractivity contribution in [3.05, 3.63) is 0 Å². The third-order valence-corrected chi connectivity index (χ3v) is 3.59. The molecule has 4 heteroatoms. The van der Waals surface area contributed by atoms with Crippen LogP contribution < -0.4 is 0 Å². The molecule has 0 aliphatic carbocycles. The summed E-state index contributed by atoms with van der Waals surface area (Å²) >= 11 is 0. The zero-order chi connectivity index (χ0) is 9.45. The van der Waals surface area contributed by atoms with Crippen LogP contribution in [0.25, 0.3) is 0 Å². The highest BCUT2D eigenvalue weighted by Crippen LogP contribution is 2.02. The molecule has 0 spiro atoms. The maximum Gasteiger partial charge on any atom is 0.150 e. The van der Waals surface area contributed by atoms with Gasteiger partial charge < -0.3 is 5.11 Å². The van der Waals surface area contributed by atoms with Crippen LogP contribution in [0.2, 0.25) is 0 Å². The van der Waals surface area contributed by atoms with Gasteiger partial charge in [-0.15, -0.1) is 0 Å². The maximum atomic E-state index is 11.0. The van der Waals surface area contributed by atoms with Gasteiger partial charge in [-0.3, -0.25) is 0 Å². The molecule has 0 aromatic heterocycles. The average molecular weight is 194 g/mol. The maximum absolute atomic E-state index is 11.0. The van der Waals surface area contributed by atoms with Crippen molar-refractivity contribution in [3.63, 3.8) is 0 Å². The van der Waals surface area contributed by atoms with Gasteiger partial charge in [-0.05, 0) is 12.8 Å². The first-order valence-electron chi connectivity index (χ1n) is 4.43. The molecule has 0 saturated heterocycles. The lowest BCUT2D eigenvalue weighted by molar-refractivity contribution is 0.283. The number of hydrogen-bond acceptors (Lipinski definition) is 3. The molecule has 0 aliphatic rings. The van der Waals surface area contributed by atoms with Crippen LogP contribution in [0, 0.1) is 0 Å². The Labute approximate surface area is 74.7 Å². The van der Waals surface area contributed by atoms with E-state index in [2.05, 4.69) is 0 Å². The van der Waals surface area contributed by atoms with Crippen LogP contribution in [0.4, 0.5) is 0 Å². The van der Waals surface area contributed by atoms with E-state index in [9.17, 15) is 8.42 Å². The number of aliphatic hydroxyl groups excluding tert-OH is 1. The van der Waals surface area contributed by atoms with E-state index >= 15 is 0 Å². The number of sulfone groups is 1. The third kappa shape index (κ3) is 6.61. The number of rotatable bonds is 7. The molecule has 74 valence electrons. The van der Waals surface area contributed by atoms with Crippen molar-refractivity contribution in [1.82, 2.24) is 0 Å². The van der Waals surface area contributed by atoms with Gasteiger partial charge in [0.05, 0.1) is 5.75 Å². The topological polar surface area (TPSA) is 54.4 Å². The number of aliphatic hydroxyl groups is 1. The van der Waals surface area contributed by atoms with Crippen molar-refractivity contribution in [2.75, 3.05) is 18.1 Å². The first-order chi connectivity index (χ1) is 5.62. The Hall–Kier alpha value is -0.0900. The second kappa shape index (κ2) is 6.43. The molecule has 0 heterocycles. The minimum Gasteiger partial charge on any atom is -0.396 e. The lowest BCUT2D eigenvalue weighted by Crippen LogP contribution is -2.08. The zero-order valence-corrected chi connectivity index (χ0v) is 8.44. The Balaban J connectivity index is 3.32. The minimum absolute atomic E-state index is 0.209. The molecule has 0 rings (SSSR count). The summed E-state index contributed by atoms with van der Waals surface area (Å²) in [5, 5.41) is 8.45. The average Bonchev–Trinajstić information content (AvgIpc) is 2.04. The van der Waals surface area contributed by atoms with Gasteiger partial charge in [0.15, 0.2) is 0 Å². The standard InChI is InChI=1S/C8H18O3S/c1-2-12(10,11)8-6-4-3-5-7-9/h9H,2-8H2,1H3. The zero-order valence-electron chi connectivity index (χ0n) is 7.62. The minimum atomic E-state index is -2.77. The number of unbranched alkanes of at least 4 members (excludes halogenated alkanes) is 3. The van der Waals surface area contributed by atoms with Crippen LogP contribution in [-0.4, -0.2) is 31.6 Å². The Morgan fingerprint density at radius 1 is 1.08 bits per heavy atom. The summed E-state index contributed by atoms with van der Waals surface area (Å²) in [5.74, 6) is 0.544. The van der Waals surface area contributed by atoms with Gasteiger partial charge in [0, 0.05) is 12.4 Å². The van der Waals surface area contributed by atoms with Crippen LogP contribution >= 0.6 is 0 Å². The quantitative estimate of drug-likeness (QED) is 0.614. The van der Waals surface area contributed by atoms with Gasteiger partial charge in [0.25, 0.3) is 0 Å². The fourth-order valence-electron chi connectivity index (χ4n) is 0.932. The van der Waals surface area contributed by atoms with Crippen LogP contribution in [-0.2, 0) is 9.84 Å². The van der Waals surface area contributed by atoms with E-state index in [1.807, 2.05) is 0 Å². The first-order valence-corrected chi connectivity index (χ1v) is 6.26.